The Morgan fingerprint density at radius 2 is 1.46 bits per heavy atom. The van der Waals surface area contributed by atoms with Gasteiger partial charge in [-0.2, -0.15) is 0 Å². The van der Waals surface area contributed by atoms with Gasteiger partial charge in [0.25, 0.3) is 10.0 Å². The second-order valence-electron chi connectivity index (χ2n) is 5.86. The molecule has 0 spiro atoms. The van der Waals surface area contributed by atoms with Crippen molar-refractivity contribution in [1.82, 2.24) is 0 Å². The number of hydrogen-bond acceptors (Lipinski definition) is 5. The van der Waals surface area contributed by atoms with Crippen molar-refractivity contribution in [2.75, 3.05) is 18.9 Å². The molecule has 7 heteroatoms. The van der Waals surface area contributed by atoms with Crippen molar-refractivity contribution in [2.45, 2.75) is 4.90 Å². The van der Waals surface area contributed by atoms with E-state index in [1.54, 1.807) is 48.5 Å². The summed E-state index contributed by atoms with van der Waals surface area (Å²) in [5, 5.41) is 0. The van der Waals surface area contributed by atoms with E-state index in [1.807, 2.05) is 6.07 Å². The number of nitrogens with one attached hydrogen (secondary N) is 1. The molecular formula is C21H19NO5S. The largest absolute Gasteiger partial charge is 0.493 e. The van der Waals surface area contributed by atoms with Crippen LogP contribution in [0.4, 0.5) is 5.69 Å². The maximum atomic E-state index is 12.9. The molecule has 0 heterocycles. The van der Waals surface area contributed by atoms with Crippen molar-refractivity contribution in [1.29, 1.82) is 0 Å². The molecule has 0 fully saturated rings. The van der Waals surface area contributed by atoms with Crippen LogP contribution < -0.4 is 14.2 Å². The Kier molecular flexibility index (Phi) is 5.65. The van der Waals surface area contributed by atoms with Crippen LogP contribution in [-0.2, 0) is 10.0 Å². The maximum absolute atomic E-state index is 12.9. The number of hydrogen-bond donors (Lipinski definition) is 1. The molecule has 6 nitrogen and oxygen atoms in total. The minimum Gasteiger partial charge on any atom is -0.493 e. The third kappa shape index (κ3) is 3.99. The monoisotopic (exact) mass is 397 g/mol. The maximum Gasteiger partial charge on any atom is 0.262 e. The topological polar surface area (TPSA) is 81.7 Å². The molecule has 0 radical (unpaired) electrons. The molecule has 28 heavy (non-hydrogen) atoms. The smallest absolute Gasteiger partial charge is 0.262 e. The fourth-order valence-corrected chi connectivity index (χ4v) is 3.80. The van der Waals surface area contributed by atoms with Crippen LogP contribution in [0.1, 0.15) is 15.9 Å². The van der Waals surface area contributed by atoms with Gasteiger partial charge in [-0.05, 0) is 24.3 Å². The van der Waals surface area contributed by atoms with Gasteiger partial charge in [0.15, 0.2) is 17.3 Å². The lowest BCUT2D eigenvalue weighted by molar-refractivity contribution is 0.103. The molecular weight excluding hydrogens is 378 g/mol. The van der Waals surface area contributed by atoms with E-state index < -0.39 is 10.0 Å². The van der Waals surface area contributed by atoms with Crippen LogP contribution in [0.2, 0.25) is 0 Å². The van der Waals surface area contributed by atoms with E-state index >= 15 is 0 Å². The van der Waals surface area contributed by atoms with Gasteiger partial charge < -0.3 is 9.47 Å². The van der Waals surface area contributed by atoms with Gasteiger partial charge >= 0.3 is 0 Å². The molecule has 0 aliphatic rings. The molecule has 0 aromatic heterocycles. The van der Waals surface area contributed by atoms with E-state index in [0.717, 1.165) is 0 Å². The quantitative estimate of drug-likeness (QED) is 0.614. The fourth-order valence-electron chi connectivity index (χ4n) is 2.70. The summed E-state index contributed by atoms with van der Waals surface area (Å²) in [6, 6.07) is 19.4. The zero-order valence-electron chi connectivity index (χ0n) is 15.4. The van der Waals surface area contributed by atoms with E-state index in [4.69, 9.17) is 9.47 Å². The van der Waals surface area contributed by atoms with Gasteiger partial charge in [-0.15, -0.1) is 0 Å². The summed E-state index contributed by atoms with van der Waals surface area (Å²) >= 11 is 0. The van der Waals surface area contributed by atoms with Crippen molar-refractivity contribution < 1.29 is 22.7 Å². The van der Waals surface area contributed by atoms with Crippen molar-refractivity contribution in [3.63, 3.8) is 0 Å². The highest BCUT2D eigenvalue weighted by atomic mass is 32.2. The van der Waals surface area contributed by atoms with Crippen LogP contribution in [-0.4, -0.2) is 28.4 Å². The van der Waals surface area contributed by atoms with Crippen LogP contribution >= 0.6 is 0 Å². The molecule has 1 N–H and O–H groups in total. The van der Waals surface area contributed by atoms with E-state index in [1.165, 1.54) is 32.4 Å². The van der Waals surface area contributed by atoms with Gasteiger partial charge in [-0.3, -0.25) is 9.52 Å². The Morgan fingerprint density at radius 1 is 0.821 bits per heavy atom. The molecule has 0 unspecified atom stereocenters. The van der Waals surface area contributed by atoms with E-state index in [-0.39, 0.29) is 21.9 Å². The lowest BCUT2D eigenvalue weighted by Gasteiger charge is -2.14. The Hall–Kier alpha value is -3.32. The van der Waals surface area contributed by atoms with Gasteiger partial charge in [0.1, 0.15) is 0 Å². The highest BCUT2D eigenvalue weighted by molar-refractivity contribution is 7.92. The Bertz CT molecular complexity index is 1090. The van der Waals surface area contributed by atoms with Crippen LogP contribution in [0, 0.1) is 0 Å². The molecule has 3 aromatic rings. The van der Waals surface area contributed by atoms with Gasteiger partial charge in [0.05, 0.1) is 24.8 Å². The molecule has 0 bridgehead atoms. The second-order valence-corrected chi connectivity index (χ2v) is 7.55. The summed E-state index contributed by atoms with van der Waals surface area (Å²) in [7, 11) is -1.05. The molecule has 0 atom stereocenters. The third-order valence-electron chi connectivity index (χ3n) is 4.12. The van der Waals surface area contributed by atoms with Crippen molar-refractivity contribution in [3.8, 4) is 11.5 Å². The number of methoxy groups -OCH3 is 2. The molecule has 3 rings (SSSR count). The van der Waals surface area contributed by atoms with Crippen molar-refractivity contribution >= 4 is 21.5 Å². The first-order valence-electron chi connectivity index (χ1n) is 8.40. The SMILES string of the molecule is COc1ccc(S(=O)(=O)Nc2ccccc2C(=O)c2ccccc2)cc1OC. The third-order valence-corrected chi connectivity index (χ3v) is 5.48. The number of benzene rings is 3. The first-order valence-corrected chi connectivity index (χ1v) is 9.88. The van der Waals surface area contributed by atoms with Crippen LogP contribution in [0.3, 0.4) is 0 Å². The molecule has 0 saturated carbocycles. The zero-order valence-corrected chi connectivity index (χ0v) is 16.2. The predicted molar refractivity (Wildman–Crippen MR) is 107 cm³/mol. The Labute approximate surface area is 163 Å². The van der Waals surface area contributed by atoms with Gasteiger partial charge in [0, 0.05) is 17.2 Å². The minimum absolute atomic E-state index is 0.00730. The highest BCUT2D eigenvalue weighted by Gasteiger charge is 2.21. The van der Waals surface area contributed by atoms with Crippen LogP contribution in [0.25, 0.3) is 0 Å². The lowest BCUT2D eigenvalue weighted by Crippen LogP contribution is -2.16. The van der Waals surface area contributed by atoms with Crippen molar-refractivity contribution in [2.24, 2.45) is 0 Å². The molecule has 144 valence electrons. The summed E-state index contributed by atoms with van der Waals surface area (Å²) in [5.74, 6) is 0.436. The predicted octanol–water partition coefficient (Wildman–Crippen LogP) is 3.74. The molecule has 3 aromatic carbocycles. The van der Waals surface area contributed by atoms with E-state index in [0.29, 0.717) is 17.1 Å². The number of ketones is 1. The molecule has 0 amide bonds. The summed E-state index contributed by atoms with van der Waals surface area (Å²) < 4.78 is 38.5. The average Bonchev–Trinajstić information content (AvgIpc) is 2.73. The number of ether oxygens (including phenoxy) is 2. The number of carbonyl (C=O) groups is 1. The summed E-state index contributed by atoms with van der Waals surface area (Å²) in [6.07, 6.45) is 0. The highest BCUT2D eigenvalue weighted by Crippen LogP contribution is 2.30. The zero-order chi connectivity index (χ0) is 20.1. The Morgan fingerprint density at radius 3 is 2.14 bits per heavy atom. The molecule has 0 saturated heterocycles. The van der Waals surface area contributed by atoms with Gasteiger partial charge in [-0.25, -0.2) is 8.42 Å². The van der Waals surface area contributed by atoms with Gasteiger partial charge in [-0.1, -0.05) is 42.5 Å². The first-order chi connectivity index (χ1) is 13.5. The summed E-state index contributed by atoms with van der Waals surface area (Å²) in [4.78, 5) is 12.8. The Balaban J connectivity index is 1.97. The number of anilines is 1. The minimum atomic E-state index is -3.95. The standard InChI is InChI=1S/C21H19NO5S/c1-26-19-13-12-16(14-20(19)27-2)28(24,25)22-18-11-7-6-10-17(18)21(23)15-8-4-3-5-9-15/h3-14,22H,1-2H3. The fraction of sp³-hybridized carbons (Fsp3) is 0.0952. The normalized spacial score (nSPS) is 10.9. The average molecular weight is 397 g/mol. The van der Waals surface area contributed by atoms with E-state index in [9.17, 15) is 13.2 Å². The van der Waals surface area contributed by atoms with Gasteiger partial charge in [0.2, 0.25) is 0 Å². The number of para-hydroxylation sites is 1. The first kappa shape index (κ1) is 19.4. The number of carbonyl (C=O) groups excluding carboxylic acids is 1. The molecule has 0 aliphatic carbocycles. The van der Waals surface area contributed by atoms with Crippen LogP contribution in [0.15, 0.2) is 77.7 Å². The summed E-state index contributed by atoms with van der Waals surface area (Å²) in [5.41, 5.74) is 0.934. The second kappa shape index (κ2) is 8.14. The van der Waals surface area contributed by atoms with Crippen molar-refractivity contribution in [3.05, 3.63) is 83.9 Å². The summed E-state index contributed by atoms with van der Waals surface area (Å²) in [6.45, 7) is 0. The molecule has 0 aliphatic heterocycles. The van der Waals surface area contributed by atoms with Crippen LogP contribution in [0.5, 0.6) is 11.5 Å². The number of rotatable bonds is 7. The lowest BCUT2D eigenvalue weighted by atomic mass is 10.0. The number of sulfonamides is 1. The van der Waals surface area contributed by atoms with E-state index in [2.05, 4.69) is 4.72 Å².